The Morgan fingerprint density at radius 2 is 2.12 bits per heavy atom. The van der Waals surface area contributed by atoms with Gasteiger partial charge in [-0.05, 0) is 30.3 Å². The molecule has 0 aliphatic rings. The van der Waals surface area contributed by atoms with Crippen LogP contribution in [0.25, 0.3) is 11.5 Å². The van der Waals surface area contributed by atoms with Gasteiger partial charge in [-0.25, -0.2) is 0 Å². The van der Waals surface area contributed by atoms with Crippen molar-refractivity contribution in [3.63, 3.8) is 0 Å². The number of aromatic hydroxyl groups is 2. The molecule has 0 fully saturated rings. The van der Waals surface area contributed by atoms with Crippen molar-refractivity contribution in [1.82, 2.24) is 10.1 Å². The van der Waals surface area contributed by atoms with Gasteiger partial charge in [0.2, 0.25) is 0 Å². The molecule has 0 saturated carbocycles. The van der Waals surface area contributed by atoms with E-state index in [-0.39, 0.29) is 17.4 Å². The second-order valence-corrected chi connectivity index (χ2v) is 3.62. The average molecular weight is 235 g/mol. The van der Waals surface area contributed by atoms with Gasteiger partial charge in [-0.15, -0.1) is 0 Å². The number of aromatic nitrogens is 2. The fourth-order valence-corrected chi connectivity index (χ4v) is 1.32. The number of anilines is 1. The topological polar surface area (TPSA) is 82.6 Å². The van der Waals surface area contributed by atoms with Crippen molar-refractivity contribution in [2.45, 2.75) is 6.92 Å². The largest absolute Gasteiger partial charge is 0.508 e. The van der Waals surface area contributed by atoms with Gasteiger partial charge in [-0.3, -0.25) is 0 Å². The highest BCUT2D eigenvalue weighted by Crippen LogP contribution is 2.31. The van der Waals surface area contributed by atoms with E-state index in [2.05, 4.69) is 10.1 Å². The molecule has 6 heteroatoms. The molecule has 6 nitrogen and oxygen atoms in total. The molecule has 1 aromatic carbocycles. The molecule has 17 heavy (non-hydrogen) atoms. The van der Waals surface area contributed by atoms with Crippen molar-refractivity contribution in [2.24, 2.45) is 0 Å². The van der Waals surface area contributed by atoms with Crippen LogP contribution < -0.4 is 4.90 Å². The zero-order chi connectivity index (χ0) is 12.4. The minimum atomic E-state index is -0.0165. The minimum Gasteiger partial charge on any atom is -0.508 e. The Morgan fingerprint density at radius 3 is 2.82 bits per heavy atom. The molecule has 0 aliphatic carbocycles. The van der Waals surface area contributed by atoms with Crippen LogP contribution in [-0.4, -0.2) is 33.9 Å². The molecule has 2 aromatic rings. The molecule has 0 atom stereocenters. The van der Waals surface area contributed by atoms with Crippen molar-refractivity contribution in [3.8, 4) is 23.0 Å². The van der Waals surface area contributed by atoms with E-state index in [4.69, 9.17) is 4.52 Å². The van der Waals surface area contributed by atoms with E-state index in [1.807, 2.05) is 14.0 Å². The van der Waals surface area contributed by atoms with E-state index in [1.54, 1.807) is 4.90 Å². The van der Waals surface area contributed by atoms with E-state index < -0.39 is 0 Å². The lowest BCUT2D eigenvalue weighted by Crippen LogP contribution is -2.16. The van der Waals surface area contributed by atoms with Gasteiger partial charge in [-0.1, -0.05) is 0 Å². The Labute approximate surface area is 98.1 Å². The summed E-state index contributed by atoms with van der Waals surface area (Å²) in [7, 11) is 1.83. The number of hydrogen-bond donors (Lipinski definition) is 2. The summed E-state index contributed by atoms with van der Waals surface area (Å²) in [6.45, 7) is 2.70. The fraction of sp³-hybridized carbons (Fsp3) is 0.273. The third-order valence-corrected chi connectivity index (χ3v) is 2.44. The molecule has 90 valence electrons. The molecule has 1 aromatic heterocycles. The van der Waals surface area contributed by atoms with E-state index in [9.17, 15) is 10.2 Å². The molecule has 2 N–H and O–H groups in total. The van der Waals surface area contributed by atoms with Gasteiger partial charge in [0.25, 0.3) is 11.8 Å². The predicted molar refractivity (Wildman–Crippen MR) is 62.0 cm³/mol. The molecule has 0 bridgehead atoms. The highest BCUT2D eigenvalue weighted by atomic mass is 16.5. The summed E-state index contributed by atoms with van der Waals surface area (Å²) in [6.07, 6.45) is 0. The first kappa shape index (κ1) is 11.3. The number of phenols is 2. The summed E-state index contributed by atoms with van der Waals surface area (Å²) in [6, 6.07) is 4.13. The maximum atomic E-state index is 9.64. The lowest BCUT2D eigenvalue weighted by atomic mass is 10.2. The summed E-state index contributed by atoms with van der Waals surface area (Å²) in [5, 5.41) is 22.8. The Kier molecular flexibility index (Phi) is 2.86. The Hall–Kier alpha value is -2.24. The van der Waals surface area contributed by atoms with Gasteiger partial charge in [0.15, 0.2) is 0 Å². The Morgan fingerprint density at radius 1 is 1.35 bits per heavy atom. The van der Waals surface area contributed by atoms with E-state index in [0.717, 1.165) is 6.54 Å². The van der Waals surface area contributed by atoms with Crippen molar-refractivity contribution < 1.29 is 14.7 Å². The van der Waals surface area contributed by atoms with Crippen LogP contribution in [0.15, 0.2) is 22.7 Å². The van der Waals surface area contributed by atoms with Gasteiger partial charge >= 0.3 is 0 Å². The molecule has 0 aliphatic heterocycles. The molecule has 0 unspecified atom stereocenters. The van der Waals surface area contributed by atoms with E-state index in [1.165, 1.54) is 18.2 Å². The first-order chi connectivity index (χ1) is 8.11. The van der Waals surface area contributed by atoms with Crippen LogP contribution in [-0.2, 0) is 0 Å². The number of phenolic OH excluding ortho intramolecular Hbond substituents is 2. The number of hydrogen-bond acceptors (Lipinski definition) is 6. The summed E-state index contributed by atoms with van der Waals surface area (Å²) in [5.74, 6) is 0.623. The standard InChI is InChI=1S/C11H13N3O3/c1-3-14(2)11-12-10(17-13-11)8-6-7(15)4-5-9(8)16/h4-6,15-16H,3H2,1-2H3. The van der Waals surface area contributed by atoms with Crippen LogP contribution in [0.4, 0.5) is 5.95 Å². The monoisotopic (exact) mass is 235 g/mol. The predicted octanol–water partition coefficient (Wildman–Crippen LogP) is 1.60. The number of benzene rings is 1. The maximum absolute atomic E-state index is 9.64. The summed E-state index contributed by atoms with van der Waals surface area (Å²) in [5.41, 5.74) is 0.313. The normalized spacial score (nSPS) is 10.5. The zero-order valence-electron chi connectivity index (χ0n) is 9.58. The minimum absolute atomic E-state index is 0.0165. The lowest BCUT2D eigenvalue weighted by Gasteiger charge is -2.08. The van der Waals surface area contributed by atoms with Crippen LogP contribution in [0.5, 0.6) is 11.5 Å². The van der Waals surface area contributed by atoms with Gasteiger partial charge in [-0.2, -0.15) is 4.98 Å². The van der Waals surface area contributed by atoms with Gasteiger partial charge in [0.1, 0.15) is 11.5 Å². The van der Waals surface area contributed by atoms with Crippen molar-refractivity contribution >= 4 is 5.95 Å². The summed E-state index contributed by atoms with van der Waals surface area (Å²) >= 11 is 0. The fourth-order valence-electron chi connectivity index (χ4n) is 1.32. The molecule has 0 radical (unpaired) electrons. The summed E-state index contributed by atoms with van der Waals surface area (Å²) in [4.78, 5) is 5.93. The molecule has 2 rings (SSSR count). The number of nitrogens with zero attached hydrogens (tertiary/aromatic N) is 3. The van der Waals surface area contributed by atoms with E-state index >= 15 is 0 Å². The van der Waals surface area contributed by atoms with Crippen molar-refractivity contribution in [1.29, 1.82) is 0 Å². The average Bonchev–Trinajstić information content (AvgIpc) is 2.80. The second kappa shape index (κ2) is 4.32. The van der Waals surface area contributed by atoms with E-state index in [0.29, 0.717) is 11.5 Å². The van der Waals surface area contributed by atoms with Gasteiger partial charge in [0, 0.05) is 13.6 Å². The van der Waals surface area contributed by atoms with Gasteiger partial charge < -0.3 is 19.6 Å². The Balaban J connectivity index is 2.40. The molecule has 0 amide bonds. The first-order valence-electron chi connectivity index (χ1n) is 5.19. The quantitative estimate of drug-likeness (QED) is 0.786. The molecular weight excluding hydrogens is 222 g/mol. The van der Waals surface area contributed by atoms with Crippen LogP contribution in [0, 0.1) is 0 Å². The maximum Gasteiger partial charge on any atom is 0.266 e. The van der Waals surface area contributed by atoms with Crippen LogP contribution in [0.2, 0.25) is 0 Å². The molecule has 0 saturated heterocycles. The highest BCUT2D eigenvalue weighted by Gasteiger charge is 2.15. The van der Waals surface area contributed by atoms with Crippen molar-refractivity contribution in [2.75, 3.05) is 18.5 Å². The SMILES string of the molecule is CCN(C)c1noc(-c2cc(O)ccc2O)n1. The third-order valence-electron chi connectivity index (χ3n) is 2.44. The molecular formula is C11H13N3O3. The number of rotatable bonds is 3. The van der Waals surface area contributed by atoms with Gasteiger partial charge in [0.05, 0.1) is 5.56 Å². The molecule has 0 spiro atoms. The third kappa shape index (κ3) is 2.15. The lowest BCUT2D eigenvalue weighted by molar-refractivity contribution is 0.422. The Bertz CT molecular complexity index is 524. The summed E-state index contributed by atoms with van der Waals surface area (Å²) < 4.78 is 5.04. The second-order valence-electron chi connectivity index (χ2n) is 3.62. The van der Waals surface area contributed by atoms with Crippen LogP contribution in [0.1, 0.15) is 6.92 Å². The molecule has 1 heterocycles. The highest BCUT2D eigenvalue weighted by molar-refractivity contribution is 5.64. The first-order valence-corrected chi connectivity index (χ1v) is 5.19. The van der Waals surface area contributed by atoms with Crippen LogP contribution >= 0.6 is 0 Å². The zero-order valence-corrected chi connectivity index (χ0v) is 9.58. The van der Waals surface area contributed by atoms with Crippen molar-refractivity contribution in [3.05, 3.63) is 18.2 Å². The van der Waals surface area contributed by atoms with Crippen LogP contribution in [0.3, 0.4) is 0 Å². The smallest absolute Gasteiger partial charge is 0.266 e.